The number of likely N-dealkylation sites (N-methyl/N-ethyl adjacent to an activating group) is 1. The molecule has 6 nitrogen and oxygen atoms in total. The lowest BCUT2D eigenvalue weighted by atomic mass is 10.0. The van der Waals surface area contributed by atoms with E-state index in [0.717, 1.165) is 5.56 Å². The van der Waals surface area contributed by atoms with Gasteiger partial charge in [0.2, 0.25) is 10.0 Å². The average Bonchev–Trinajstić information content (AvgIpc) is 2.68. The standard InChI is InChI=1S/C19H22N2O4S/c1-20-9-10-21(14-17(20)15-5-3-2-4-6-15)26(22,23)16-7-8-18-19(13-16)25-12-11-24-18/h2-8,13,17H,9-12,14H2,1H3. The van der Waals surface area contributed by atoms with Gasteiger partial charge in [0.15, 0.2) is 11.5 Å². The minimum Gasteiger partial charge on any atom is -0.486 e. The van der Waals surface area contributed by atoms with Crippen molar-refractivity contribution in [2.24, 2.45) is 0 Å². The number of hydrogen-bond donors (Lipinski definition) is 0. The van der Waals surface area contributed by atoms with E-state index >= 15 is 0 Å². The molecule has 7 heteroatoms. The number of fused-ring (bicyclic) bond motifs is 1. The lowest BCUT2D eigenvalue weighted by Crippen LogP contribution is -2.48. The Labute approximate surface area is 154 Å². The van der Waals surface area contributed by atoms with Gasteiger partial charge in [0, 0.05) is 31.7 Å². The average molecular weight is 374 g/mol. The van der Waals surface area contributed by atoms with E-state index in [0.29, 0.717) is 44.3 Å². The molecule has 2 aliphatic rings. The summed E-state index contributed by atoms with van der Waals surface area (Å²) >= 11 is 0. The summed E-state index contributed by atoms with van der Waals surface area (Å²) in [6, 6.07) is 14.9. The van der Waals surface area contributed by atoms with E-state index in [1.54, 1.807) is 22.5 Å². The van der Waals surface area contributed by atoms with Gasteiger partial charge in [-0.1, -0.05) is 30.3 Å². The predicted octanol–water partition coefficient (Wildman–Crippen LogP) is 2.14. The summed E-state index contributed by atoms with van der Waals surface area (Å²) in [5.41, 5.74) is 1.12. The maximum absolute atomic E-state index is 13.2. The number of nitrogens with zero attached hydrogens (tertiary/aromatic N) is 2. The Morgan fingerprint density at radius 2 is 1.69 bits per heavy atom. The Bertz CT molecular complexity index is 886. The highest BCUT2D eigenvalue weighted by Crippen LogP contribution is 2.34. The highest BCUT2D eigenvalue weighted by molar-refractivity contribution is 7.89. The monoisotopic (exact) mass is 374 g/mol. The van der Waals surface area contributed by atoms with Crippen LogP contribution in [0, 0.1) is 0 Å². The second kappa shape index (κ2) is 6.90. The molecule has 2 aromatic rings. The lowest BCUT2D eigenvalue weighted by Gasteiger charge is -2.39. The van der Waals surface area contributed by atoms with Gasteiger partial charge in [0.05, 0.1) is 4.90 Å². The third kappa shape index (κ3) is 3.18. The number of ether oxygens (including phenoxy) is 2. The highest BCUT2D eigenvalue weighted by Gasteiger charge is 2.34. The summed E-state index contributed by atoms with van der Waals surface area (Å²) in [6.07, 6.45) is 0. The van der Waals surface area contributed by atoms with Gasteiger partial charge in [0.25, 0.3) is 0 Å². The van der Waals surface area contributed by atoms with Crippen LogP contribution in [0.5, 0.6) is 11.5 Å². The van der Waals surface area contributed by atoms with Crippen LogP contribution in [-0.2, 0) is 10.0 Å². The maximum Gasteiger partial charge on any atom is 0.243 e. The van der Waals surface area contributed by atoms with Gasteiger partial charge in [-0.25, -0.2) is 8.42 Å². The molecule has 4 rings (SSSR count). The summed E-state index contributed by atoms with van der Waals surface area (Å²) in [5.74, 6) is 1.09. The fourth-order valence-corrected chi connectivity index (χ4v) is 4.89. The number of hydrogen-bond acceptors (Lipinski definition) is 5. The van der Waals surface area contributed by atoms with Crippen LogP contribution in [-0.4, -0.2) is 57.5 Å². The molecule has 1 saturated heterocycles. The quantitative estimate of drug-likeness (QED) is 0.824. The van der Waals surface area contributed by atoms with Crippen LogP contribution in [0.4, 0.5) is 0 Å². The topological polar surface area (TPSA) is 59.1 Å². The summed E-state index contributed by atoms with van der Waals surface area (Å²) in [5, 5.41) is 0. The van der Waals surface area contributed by atoms with Gasteiger partial charge in [-0.05, 0) is 24.7 Å². The van der Waals surface area contributed by atoms with Crippen molar-refractivity contribution in [3.05, 3.63) is 54.1 Å². The molecule has 1 fully saturated rings. The van der Waals surface area contributed by atoms with E-state index in [2.05, 4.69) is 4.90 Å². The fourth-order valence-electron chi connectivity index (χ4n) is 3.44. The smallest absolute Gasteiger partial charge is 0.243 e. The second-order valence-corrected chi connectivity index (χ2v) is 8.51. The number of rotatable bonds is 3. The zero-order chi connectivity index (χ0) is 18.1. The Balaban J connectivity index is 1.61. The summed E-state index contributed by atoms with van der Waals surface area (Å²) < 4.78 is 38.9. The lowest BCUT2D eigenvalue weighted by molar-refractivity contribution is 0.148. The summed E-state index contributed by atoms with van der Waals surface area (Å²) in [6.45, 7) is 2.49. The van der Waals surface area contributed by atoms with Crippen LogP contribution in [0.1, 0.15) is 11.6 Å². The van der Waals surface area contributed by atoms with E-state index in [1.165, 1.54) is 0 Å². The molecule has 2 aromatic carbocycles. The van der Waals surface area contributed by atoms with Crippen LogP contribution in [0.2, 0.25) is 0 Å². The minimum absolute atomic E-state index is 0.0388. The Morgan fingerprint density at radius 3 is 2.46 bits per heavy atom. The van der Waals surface area contributed by atoms with Crippen molar-refractivity contribution in [1.82, 2.24) is 9.21 Å². The molecule has 2 aliphatic heterocycles. The number of piperazine rings is 1. The minimum atomic E-state index is -3.59. The van der Waals surface area contributed by atoms with Crippen LogP contribution >= 0.6 is 0 Å². The Morgan fingerprint density at radius 1 is 0.962 bits per heavy atom. The first kappa shape index (κ1) is 17.3. The molecule has 0 bridgehead atoms. The molecule has 0 N–H and O–H groups in total. The van der Waals surface area contributed by atoms with E-state index in [4.69, 9.17) is 9.47 Å². The predicted molar refractivity (Wildman–Crippen MR) is 98.0 cm³/mol. The van der Waals surface area contributed by atoms with Gasteiger partial charge in [-0.15, -0.1) is 0 Å². The largest absolute Gasteiger partial charge is 0.486 e. The number of benzene rings is 2. The van der Waals surface area contributed by atoms with E-state index in [1.807, 2.05) is 37.4 Å². The van der Waals surface area contributed by atoms with Crippen molar-refractivity contribution < 1.29 is 17.9 Å². The number of sulfonamides is 1. The van der Waals surface area contributed by atoms with E-state index < -0.39 is 10.0 Å². The first-order chi connectivity index (χ1) is 12.6. The van der Waals surface area contributed by atoms with Crippen molar-refractivity contribution in [2.75, 3.05) is 39.9 Å². The molecule has 26 heavy (non-hydrogen) atoms. The molecule has 138 valence electrons. The molecule has 1 unspecified atom stereocenters. The van der Waals surface area contributed by atoms with E-state index in [9.17, 15) is 8.42 Å². The molecule has 1 atom stereocenters. The van der Waals surface area contributed by atoms with Gasteiger partial charge in [-0.3, -0.25) is 4.90 Å². The van der Waals surface area contributed by atoms with E-state index in [-0.39, 0.29) is 10.9 Å². The van der Waals surface area contributed by atoms with Crippen LogP contribution in [0.3, 0.4) is 0 Å². The Kier molecular flexibility index (Phi) is 4.60. The van der Waals surface area contributed by atoms with Crippen molar-refractivity contribution in [3.63, 3.8) is 0 Å². The Hall–Kier alpha value is -2.09. The van der Waals surface area contributed by atoms with Gasteiger partial charge in [0.1, 0.15) is 13.2 Å². The first-order valence-corrected chi connectivity index (χ1v) is 10.1. The second-order valence-electron chi connectivity index (χ2n) is 6.58. The highest BCUT2D eigenvalue weighted by atomic mass is 32.2. The third-order valence-corrected chi connectivity index (χ3v) is 6.81. The van der Waals surface area contributed by atoms with Gasteiger partial charge < -0.3 is 9.47 Å². The zero-order valence-corrected chi connectivity index (χ0v) is 15.5. The van der Waals surface area contributed by atoms with Crippen LogP contribution in [0.25, 0.3) is 0 Å². The molecular weight excluding hydrogens is 352 g/mol. The first-order valence-electron chi connectivity index (χ1n) is 8.71. The SMILES string of the molecule is CN1CCN(S(=O)(=O)c2ccc3c(c2)OCCO3)CC1c1ccccc1. The molecule has 0 radical (unpaired) electrons. The summed E-state index contributed by atoms with van der Waals surface area (Å²) in [7, 11) is -1.56. The van der Waals surface area contributed by atoms with Crippen molar-refractivity contribution in [3.8, 4) is 11.5 Å². The van der Waals surface area contributed by atoms with Crippen molar-refractivity contribution >= 4 is 10.0 Å². The molecule has 2 heterocycles. The van der Waals surface area contributed by atoms with Gasteiger partial charge in [-0.2, -0.15) is 4.31 Å². The molecule has 0 saturated carbocycles. The fraction of sp³-hybridized carbons (Fsp3) is 0.368. The summed E-state index contributed by atoms with van der Waals surface area (Å²) in [4.78, 5) is 2.45. The zero-order valence-electron chi connectivity index (χ0n) is 14.7. The molecule has 0 aromatic heterocycles. The van der Waals surface area contributed by atoms with Crippen molar-refractivity contribution in [2.45, 2.75) is 10.9 Å². The maximum atomic E-state index is 13.2. The molecular formula is C19H22N2O4S. The molecule has 0 spiro atoms. The third-order valence-electron chi connectivity index (χ3n) is 4.95. The van der Waals surface area contributed by atoms with Crippen LogP contribution in [0.15, 0.2) is 53.4 Å². The van der Waals surface area contributed by atoms with Gasteiger partial charge >= 0.3 is 0 Å². The molecule has 0 aliphatic carbocycles. The van der Waals surface area contributed by atoms with Crippen molar-refractivity contribution in [1.29, 1.82) is 0 Å². The normalized spacial score (nSPS) is 21.5. The van der Waals surface area contributed by atoms with Crippen LogP contribution < -0.4 is 9.47 Å². The molecule has 0 amide bonds.